The van der Waals surface area contributed by atoms with Crippen LogP contribution in [-0.4, -0.2) is 31.2 Å². The highest BCUT2D eigenvalue weighted by molar-refractivity contribution is 7.07. The molecule has 0 aliphatic carbocycles. The van der Waals surface area contributed by atoms with Crippen LogP contribution in [0.2, 0.25) is 0 Å². The van der Waals surface area contributed by atoms with Crippen LogP contribution in [0.5, 0.6) is 0 Å². The van der Waals surface area contributed by atoms with Crippen molar-refractivity contribution in [3.8, 4) is 0 Å². The first kappa shape index (κ1) is 24.7. The highest BCUT2D eigenvalue weighted by atomic mass is 32.1. The molecule has 7 heteroatoms. The van der Waals surface area contributed by atoms with E-state index in [1.54, 1.807) is 18.4 Å². The average molecular weight is 490 g/mol. The van der Waals surface area contributed by atoms with Crippen molar-refractivity contribution < 1.29 is 9.53 Å². The quantitative estimate of drug-likeness (QED) is 0.491. The zero-order chi connectivity index (χ0) is 25.3. The number of ether oxygens (including phenoxy) is 1. The van der Waals surface area contributed by atoms with Crippen molar-refractivity contribution >= 4 is 29.1 Å². The second-order valence-corrected chi connectivity index (χ2v) is 10.1. The summed E-state index contributed by atoms with van der Waals surface area (Å²) >= 11 is 1.34. The molecule has 3 aromatic rings. The minimum Gasteiger partial charge on any atom is -0.463 e. The summed E-state index contributed by atoms with van der Waals surface area (Å²) in [7, 11) is 3.94. The normalized spacial score (nSPS) is 15.7. The first-order valence-electron chi connectivity index (χ1n) is 11.8. The number of benzene rings is 2. The monoisotopic (exact) mass is 489 g/mol. The number of esters is 1. The fraction of sp³-hybridized carbons (Fsp3) is 0.321. The molecule has 0 spiro atoms. The van der Waals surface area contributed by atoms with E-state index in [-0.39, 0.29) is 12.2 Å². The number of fused-ring (bicyclic) bond motifs is 1. The second-order valence-electron chi connectivity index (χ2n) is 9.11. The lowest BCUT2D eigenvalue weighted by atomic mass is 9.95. The van der Waals surface area contributed by atoms with E-state index in [9.17, 15) is 9.59 Å². The average Bonchev–Trinajstić information content (AvgIpc) is 3.13. The van der Waals surface area contributed by atoms with E-state index in [0.717, 1.165) is 16.8 Å². The van der Waals surface area contributed by atoms with Gasteiger partial charge in [-0.1, -0.05) is 61.6 Å². The smallest absolute Gasteiger partial charge is 0.338 e. The van der Waals surface area contributed by atoms with Gasteiger partial charge in [0.15, 0.2) is 4.80 Å². The van der Waals surface area contributed by atoms with Crippen molar-refractivity contribution in [1.82, 2.24) is 4.57 Å². The highest BCUT2D eigenvalue weighted by Gasteiger charge is 2.33. The summed E-state index contributed by atoms with van der Waals surface area (Å²) in [5.74, 6) is -0.00786. The van der Waals surface area contributed by atoms with Gasteiger partial charge in [-0.05, 0) is 54.7 Å². The number of aromatic nitrogens is 1. The van der Waals surface area contributed by atoms with Gasteiger partial charge in [0.05, 0.1) is 28.5 Å². The van der Waals surface area contributed by atoms with Gasteiger partial charge in [0.2, 0.25) is 0 Å². The summed E-state index contributed by atoms with van der Waals surface area (Å²) < 4.78 is 7.57. The molecule has 1 aliphatic rings. The molecule has 1 atom stereocenters. The van der Waals surface area contributed by atoms with Crippen LogP contribution in [0.4, 0.5) is 5.69 Å². The molecule has 182 valence electrons. The Bertz CT molecular complexity index is 1440. The number of hydrogen-bond donors (Lipinski definition) is 0. The van der Waals surface area contributed by atoms with E-state index in [0.29, 0.717) is 26.5 Å². The standard InChI is InChI=1S/C28H31N3O3S/c1-7-34-27(33)24-18(4)29-28-31(25(24)21-12-14-22(15-13-21)30(5)6)26(32)23(35-28)16-19-8-10-20(11-9-19)17(2)3/h8-17,25H,7H2,1-6H3/b23-16-. The van der Waals surface area contributed by atoms with E-state index in [1.165, 1.54) is 16.9 Å². The number of thiazole rings is 1. The largest absolute Gasteiger partial charge is 0.463 e. The summed E-state index contributed by atoms with van der Waals surface area (Å²) in [6.45, 7) is 8.13. The Morgan fingerprint density at radius 2 is 1.80 bits per heavy atom. The molecule has 0 radical (unpaired) electrons. The minimum absolute atomic E-state index is 0.169. The van der Waals surface area contributed by atoms with E-state index in [1.807, 2.05) is 61.5 Å². The van der Waals surface area contributed by atoms with E-state index < -0.39 is 12.0 Å². The molecule has 1 aromatic heterocycles. The molecule has 0 saturated carbocycles. The Morgan fingerprint density at radius 1 is 1.14 bits per heavy atom. The third-order valence-corrected chi connectivity index (χ3v) is 7.13. The molecule has 4 rings (SSSR count). The van der Waals surface area contributed by atoms with Crippen molar-refractivity contribution in [2.75, 3.05) is 25.6 Å². The lowest BCUT2D eigenvalue weighted by molar-refractivity contribution is -0.139. The number of allylic oxidation sites excluding steroid dienone is 1. The minimum atomic E-state index is -0.605. The molecular weight excluding hydrogens is 458 g/mol. The SMILES string of the molecule is CCOC(=O)C1=C(C)N=c2s/c(=C\c3ccc(C(C)C)cc3)c(=O)n2C1c1ccc(N(C)C)cc1. The van der Waals surface area contributed by atoms with Crippen molar-refractivity contribution in [3.05, 3.63) is 96.2 Å². The topological polar surface area (TPSA) is 63.9 Å². The van der Waals surface area contributed by atoms with Gasteiger partial charge in [0.25, 0.3) is 5.56 Å². The van der Waals surface area contributed by atoms with Crippen LogP contribution in [0, 0.1) is 0 Å². The van der Waals surface area contributed by atoms with Crippen LogP contribution in [0.1, 0.15) is 56.3 Å². The third-order valence-electron chi connectivity index (χ3n) is 6.14. The van der Waals surface area contributed by atoms with Crippen molar-refractivity contribution in [2.24, 2.45) is 4.99 Å². The molecule has 1 aliphatic heterocycles. The van der Waals surface area contributed by atoms with Gasteiger partial charge in [-0.25, -0.2) is 9.79 Å². The Kier molecular flexibility index (Phi) is 7.08. The van der Waals surface area contributed by atoms with Gasteiger partial charge in [-0.3, -0.25) is 9.36 Å². The number of rotatable bonds is 6. The summed E-state index contributed by atoms with van der Waals surface area (Å²) in [6.07, 6.45) is 1.89. The molecule has 0 bridgehead atoms. The summed E-state index contributed by atoms with van der Waals surface area (Å²) in [4.78, 5) is 33.9. The molecule has 6 nitrogen and oxygen atoms in total. The number of nitrogens with zero attached hydrogens (tertiary/aromatic N) is 3. The molecule has 0 amide bonds. The van der Waals surface area contributed by atoms with Crippen molar-refractivity contribution in [3.63, 3.8) is 0 Å². The van der Waals surface area contributed by atoms with Crippen LogP contribution >= 0.6 is 11.3 Å². The molecule has 0 N–H and O–H groups in total. The van der Waals surface area contributed by atoms with Gasteiger partial charge < -0.3 is 9.64 Å². The summed E-state index contributed by atoms with van der Waals surface area (Å²) in [5, 5.41) is 0. The summed E-state index contributed by atoms with van der Waals surface area (Å²) in [6, 6.07) is 15.5. The summed E-state index contributed by atoms with van der Waals surface area (Å²) in [5.41, 5.74) is 4.86. The van der Waals surface area contributed by atoms with Crippen LogP contribution in [0.25, 0.3) is 6.08 Å². The number of carbonyl (C=O) groups is 1. The number of anilines is 1. The van der Waals surface area contributed by atoms with Crippen LogP contribution in [0.15, 0.2) is 69.6 Å². The van der Waals surface area contributed by atoms with Gasteiger partial charge in [0.1, 0.15) is 0 Å². The lowest BCUT2D eigenvalue weighted by Crippen LogP contribution is -2.39. The van der Waals surface area contributed by atoms with E-state index in [4.69, 9.17) is 4.74 Å². The zero-order valence-corrected chi connectivity index (χ0v) is 21.8. The van der Waals surface area contributed by atoms with Crippen molar-refractivity contribution in [1.29, 1.82) is 0 Å². The Hall–Kier alpha value is -3.45. The first-order valence-corrected chi connectivity index (χ1v) is 12.6. The predicted molar refractivity (Wildman–Crippen MR) is 142 cm³/mol. The Balaban J connectivity index is 1.88. The first-order chi connectivity index (χ1) is 16.7. The van der Waals surface area contributed by atoms with Gasteiger partial charge in [-0.15, -0.1) is 0 Å². The predicted octanol–water partition coefficient (Wildman–Crippen LogP) is 3.99. The molecule has 0 fully saturated rings. The maximum Gasteiger partial charge on any atom is 0.338 e. The number of hydrogen-bond acceptors (Lipinski definition) is 6. The molecule has 2 heterocycles. The van der Waals surface area contributed by atoms with E-state index in [2.05, 4.69) is 31.0 Å². The van der Waals surface area contributed by atoms with Crippen LogP contribution < -0.4 is 19.8 Å². The van der Waals surface area contributed by atoms with Gasteiger partial charge in [0, 0.05) is 19.8 Å². The Labute approximate surface area is 209 Å². The van der Waals surface area contributed by atoms with Crippen molar-refractivity contribution in [2.45, 2.75) is 39.7 Å². The maximum atomic E-state index is 13.7. The molecule has 1 unspecified atom stereocenters. The van der Waals surface area contributed by atoms with Crippen LogP contribution in [-0.2, 0) is 9.53 Å². The van der Waals surface area contributed by atoms with Gasteiger partial charge >= 0.3 is 5.97 Å². The van der Waals surface area contributed by atoms with Gasteiger partial charge in [-0.2, -0.15) is 0 Å². The highest BCUT2D eigenvalue weighted by Crippen LogP contribution is 2.31. The van der Waals surface area contributed by atoms with Crippen LogP contribution in [0.3, 0.4) is 0 Å². The zero-order valence-electron chi connectivity index (χ0n) is 21.0. The third kappa shape index (κ3) is 4.86. The fourth-order valence-corrected chi connectivity index (χ4v) is 5.24. The molecule has 35 heavy (non-hydrogen) atoms. The number of carbonyl (C=O) groups excluding carboxylic acids is 1. The second kappa shape index (κ2) is 10.0. The Morgan fingerprint density at radius 3 is 2.37 bits per heavy atom. The molecule has 2 aromatic carbocycles. The molecular formula is C28H31N3O3S. The lowest BCUT2D eigenvalue weighted by Gasteiger charge is -2.25. The fourth-order valence-electron chi connectivity index (χ4n) is 4.19. The molecule has 0 saturated heterocycles. The maximum absolute atomic E-state index is 13.7. The van der Waals surface area contributed by atoms with E-state index >= 15 is 0 Å².